The van der Waals surface area contributed by atoms with Gasteiger partial charge >= 0.3 is 5.97 Å². The minimum absolute atomic E-state index is 0.0218. The summed E-state index contributed by atoms with van der Waals surface area (Å²) >= 11 is 0.702. The topological polar surface area (TPSA) is 120 Å². The van der Waals surface area contributed by atoms with Crippen molar-refractivity contribution in [3.05, 3.63) is 56.7 Å². The summed E-state index contributed by atoms with van der Waals surface area (Å²) in [6.45, 7) is 3.14. The number of esters is 1. The van der Waals surface area contributed by atoms with E-state index in [-0.39, 0.29) is 10.6 Å². The molecule has 0 bridgehead atoms. The standard InChI is InChI=1S/C19H16N2O7S/c1-10-8-12(21(25)26)4-6-14(10)15-7-5-13(28-15)9-16-17(22)20(19(24)29-16)11(2)18(23)27-3/h4-9,11H,1-3H3/b16-9+/t11-/m0/s1. The van der Waals surface area contributed by atoms with Gasteiger partial charge in [-0.05, 0) is 49.4 Å². The molecule has 0 radical (unpaired) electrons. The number of hydrogen-bond donors (Lipinski definition) is 0. The zero-order chi connectivity index (χ0) is 21.3. The van der Waals surface area contributed by atoms with E-state index in [1.54, 1.807) is 25.1 Å². The maximum absolute atomic E-state index is 12.5. The Hall–Kier alpha value is -3.40. The third kappa shape index (κ3) is 3.92. The number of aryl methyl sites for hydroxylation is 1. The van der Waals surface area contributed by atoms with Gasteiger partial charge in [0, 0.05) is 23.8 Å². The van der Waals surface area contributed by atoms with E-state index in [2.05, 4.69) is 4.74 Å². The van der Waals surface area contributed by atoms with Crippen molar-refractivity contribution in [1.82, 2.24) is 4.90 Å². The number of thioether (sulfide) groups is 1. The van der Waals surface area contributed by atoms with E-state index in [1.165, 1.54) is 32.2 Å². The number of methoxy groups -OCH3 is 1. The molecule has 0 spiro atoms. The van der Waals surface area contributed by atoms with Crippen LogP contribution in [0.15, 0.2) is 39.7 Å². The zero-order valence-corrected chi connectivity index (χ0v) is 16.5. The molecule has 1 fully saturated rings. The maximum atomic E-state index is 12.5. The van der Waals surface area contributed by atoms with E-state index >= 15 is 0 Å². The fourth-order valence-electron chi connectivity index (χ4n) is 2.83. The van der Waals surface area contributed by atoms with Crippen molar-refractivity contribution in [2.75, 3.05) is 7.11 Å². The molecule has 0 aliphatic carbocycles. The molecule has 1 aromatic carbocycles. The number of rotatable bonds is 5. The van der Waals surface area contributed by atoms with Gasteiger partial charge in [-0.15, -0.1) is 0 Å². The smallest absolute Gasteiger partial charge is 0.328 e. The number of nitro groups is 1. The highest BCUT2D eigenvalue weighted by molar-refractivity contribution is 8.18. The lowest BCUT2D eigenvalue weighted by Crippen LogP contribution is -2.42. The number of non-ortho nitro benzene ring substituents is 1. The molecular weight excluding hydrogens is 400 g/mol. The molecule has 9 nitrogen and oxygen atoms in total. The Bertz CT molecular complexity index is 1060. The van der Waals surface area contributed by atoms with Crippen LogP contribution in [0, 0.1) is 17.0 Å². The molecule has 1 atom stereocenters. The summed E-state index contributed by atoms with van der Waals surface area (Å²) in [6.07, 6.45) is 1.42. The Labute approximate surface area is 169 Å². The molecule has 2 amide bonds. The number of nitro benzene ring substituents is 1. The highest BCUT2D eigenvalue weighted by atomic mass is 32.2. The summed E-state index contributed by atoms with van der Waals surface area (Å²) in [5.41, 5.74) is 1.31. The number of carbonyl (C=O) groups excluding carboxylic acids is 3. The average Bonchev–Trinajstić information content (AvgIpc) is 3.25. The van der Waals surface area contributed by atoms with Crippen molar-refractivity contribution < 1.29 is 28.5 Å². The van der Waals surface area contributed by atoms with E-state index < -0.39 is 28.1 Å². The fraction of sp³-hybridized carbons (Fsp3) is 0.211. The maximum Gasteiger partial charge on any atom is 0.328 e. The monoisotopic (exact) mass is 416 g/mol. The molecule has 1 saturated heterocycles. The predicted molar refractivity (Wildman–Crippen MR) is 105 cm³/mol. The second-order valence-corrected chi connectivity index (χ2v) is 7.20. The summed E-state index contributed by atoms with van der Waals surface area (Å²) in [5.74, 6) is -0.510. The second kappa shape index (κ2) is 7.92. The number of hydrogen-bond acceptors (Lipinski definition) is 8. The number of furan rings is 1. The van der Waals surface area contributed by atoms with Crippen LogP contribution >= 0.6 is 11.8 Å². The highest BCUT2D eigenvalue weighted by Crippen LogP contribution is 2.35. The van der Waals surface area contributed by atoms with Gasteiger partial charge in [-0.1, -0.05) is 0 Å². The Kier molecular flexibility index (Phi) is 5.55. The number of ether oxygens (including phenoxy) is 1. The van der Waals surface area contributed by atoms with Gasteiger partial charge in [-0.25, -0.2) is 4.79 Å². The predicted octanol–water partition coefficient (Wildman–Crippen LogP) is 3.76. The van der Waals surface area contributed by atoms with E-state index in [4.69, 9.17) is 4.42 Å². The molecule has 0 N–H and O–H groups in total. The van der Waals surface area contributed by atoms with E-state index in [0.717, 1.165) is 4.90 Å². The lowest BCUT2D eigenvalue weighted by Gasteiger charge is -2.18. The van der Waals surface area contributed by atoms with Crippen molar-refractivity contribution >= 4 is 40.6 Å². The molecule has 29 heavy (non-hydrogen) atoms. The van der Waals surface area contributed by atoms with Gasteiger partial charge in [-0.2, -0.15) is 0 Å². The molecule has 2 heterocycles. The van der Waals surface area contributed by atoms with Gasteiger partial charge in [0.2, 0.25) is 0 Å². The van der Waals surface area contributed by atoms with Gasteiger partial charge in [-0.3, -0.25) is 24.6 Å². The number of imide groups is 1. The first-order valence-electron chi connectivity index (χ1n) is 8.43. The van der Waals surface area contributed by atoms with Gasteiger partial charge in [0.15, 0.2) is 0 Å². The van der Waals surface area contributed by atoms with E-state index in [1.807, 2.05) is 0 Å². The number of nitrogens with zero attached hydrogens (tertiary/aromatic N) is 2. The lowest BCUT2D eigenvalue weighted by molar-refractivity contribution is -0.384. The third-order valence-corrected chi connectivity index (χ3v) is 5.22. The minimum Gasteiger partial charge on any atom is -0.467 e. The summed E-state index contributed by atoms with van der Waals surface area (Å²) in [5, 5.41) is 10.3. The lowest BCUT2D eigenvalue weighted by atomic mass is 10.1. The van der Waals surface area contributed by atoms with Gasteiger partial charge in [0.1, 0.15) is 17.6 Å². The molecule has 0 unspecified atom stereocenters. The average molecular weight is 416 g/mol. The molecule has 10 heteroatoms. The van der Waals surface area contributed by atoms with Crippen molar-refractivity contribution in [1.29, 1.82) is 0 Å². The Morgan fingerprint density at radius 1 is 1.31 bits per heavy atom. The number of carbonyl (C=O) groups is 3. The SMILES string of the molecule is COC(=O)[C@H](C)N1C(=O)S/C(=C/c2ccc(-c3ccc([N+](=O)[O-])cc3C)o2)C1=O. The van der Waals surface area contributed by atoms with Gasteiger partial charge in [0.05, 0.1) is 16.9 Å². The normalized spacial score (nSPS) is 16.4. The molecule has 3 rings (SSSR count). The Morgan fingerprint density at radius 2 is 2.03 bits per heavy atom. The zero-order valence-electron chi connectivity index (χ0n) is 15.7. The highest BCUT2D eigenvalue weighted by Gasteiger charge is 2.41. The fourth-order valence-corrected chi connectivity index (χ4v) is 3.72. The van der Waals surface area contributed by atoms with Crippen molar-refractivity contribution in [3.8, 4) is 11.3 Å². The Balaban J connectivity index is 1.85. The first-order chi connectivity index (χ1) is 13.7. The van der Waals surface area contributed by atoms with Crippen LogP contribution in [0.2, 0.25) is 0 Å². The summed E-state index contributed by atoms with van der Waals surface area (Å²) in [7, 11) is 1.18. The Morgan fingerprint density at radius 3 is 2.66 bits per heavy atom. The summed E-state index contributed by atoms with van der Waals surface area (Å²) < 4.78 is 10.3. The van der Waals surface area contributed by atoms with Crippen LogP contribution in [-0.4, -0.2) is 40.1 Å². The van der Waals surface area contributed by atoms with E-state index in [9.17, 15) is 24.5 Å². The van der Waals surface area contributed by atoms with Crippen molar-refractivity contribution in [2.24, 2.45) is 0 Å². The first-order valence-corrected chi connectivity index (χ1v) is 9.24. The molecule has 0 saturated carbocycles. The van der Waals surface area contributed by atoms with Crippen LogP contribution in [-0.2, 0) is 14.3 Å². The molecule has 1 aliphatic rings. The van der Waals surface area contributed by atoms with Crippen molar-refractivity contribution in [2.45, 2.75) is 19.9 Å². The molecule has 1 aliphatic heterocycles. The van der Waals surface area contributed by atoms with Crippen LogP contribution in [0.5, 0.6) is 0 Å². The summed E-state index contributed by atoms with van der Waals surface area (Å²) in [4.78, 5) is 47.7. The van der Waals surface area contributed by atoms with Gasteiger partial charge in [0.25, 0.3) is 16.8 Å². The number of benzene rings is 1. The van der Waals surface area contributed by atoms with Crippen molar-refractivity contribution in [3.63, 3.8) is 0 Å². The largest absolute Gasteiger partial charge is 0.467 e. The molecule has 150 valence electrons. The molecule has 2 aromatic rings. The quantitative estimate of drug-likeness (QED) is 0.313. The van der Waals surface area contributed by atoms with E-state index in [0.29, 0.717) is 34.4 Å². The summed E-state index contributed by atoms with van der Waals surface area (Å²) in [6, 6.07) is 6.66. The number of amides is 2. The third-order valence-electron chi connectivity index (χ3n) is 4.34. The minimum atomic E-state index is -1.03. The van der Waals surface area contributed by atoms with Crippen LogP contribution in [0.4, 0.5) is 10.5 Å². The van der Waals surface area contributed by atoms with Crippen LogP contribution in [0.1, 0.15) is 18.2 Å². The first kappa shape index (κ1) is 20.3. The van der Waals surface area contributed by atoms with Gasteiger partial charge < -0.3 is 9.15 Å². The van der Waals surface area contributed by atoms with Crippen LogP contribution < -0.4 is 0 Å². The molecular formula is C19H16N2O7S. The molecule has 1 aromatic heterocycles. The van der Waals surface area contributed by atoms with Crippen LogP contribution in [0.3, 0.4) is 0 Å². The second-order valence-electron chi connectivity index (χ2n) is 6.21. The van der Waals surface area contributed by atoms with Crippen LogP contribution in [0.25, 0.3) is 17.4 Å².